The van der Waals surface area contributed by atoms with Crippen molar-refractivity contribution in [1.29, 1.82) is 0 Å². The second-order valence-electron chi connectivity index (χ2n) is 12.9. The summed E-state index contributed by atoms with van der Waals surface area (Å²) in [5.41, 5.74) is 2.33. The van der Waals surface area contributed by atoms with Crippen LogP contribution in [-0.4, -0.2) is 57.3 Å². The third-order valence-corrected chi connectivity index (χ3v) is 8.35. The lowest BCUT2D eigenvalue weighted by molar-refractivity contribution is -0.206. The van der Waals surface area contributed by atoms with Gasteiger partial charge in [-0.3, -0.25) is 0 Å². The zero-order valence-corrected chi connectivity index (χ0v) is 28.4. The first-order chi connectivity index (χ1) is 23.6. The molecule has 0 bridgehead atoms. The summed E-state index contributed by atoms with van der Waals surface area (Å²) in [4.78, 5) is 25.1. The van der Waals surface area contributed by atoms with Gasteiger partial charge in [0.25, 0.3) is 0 Å². The molecule has 0 spiro atoms. The average molecular weight is 685 g/mol. The summed E-state index contributed by atoms with van der Waals surface area (Å²) in [7, 11) is 0. The van der Waals surface area contributed by atoms with E-state index in [1.54, 1.807) is 12.1 Å². The minimum absolute atomic E-state index is 0.0646. The third-order valence-electron chi connectivity index (χ3n) is 8.35. The van der Waals surface area contributed by atoms with Crippen LogP contribution in [0.2, 0.25) is 0 Å². The molecular weight excluding hydrogens is 637 g/mol. The van der Waals surface area contributed by atoms with E-state index in [-0.39, 0.29) is 23.1 Å². The Kier molecular flexibility index (Phi) is 14.5. The van der Waals surface area contributed by atoms with Gasteiger partial charge in [0, 0.05) is 12.0 Å². The number of halogens is 3. The smallest absolute Gasteiger partial charge is 0.425 e. The first-order valence-corrected chi connectivity index (χ1v) is 17.1. The van der Waals surface area contributed by atoms with Crippen LogP contribution >= 0.6 is 0 Å². The molecule has 49 heavy (non-hydrogen) atoms. The van der Waals surface area contributed by atoms with Crippen LogP contribution in [0.4, 0.5) is 13.2 Å². The van der Waals surface area contributed by atoms with Crippen molar-refractivity contribution in [3.05, 3.63) is 83.9 Å². The molecular formula is C39H47F3O7. The van der Waals surface area contributed by atoms with Gasteiger partial charge in [-0.15, -0.1) is 0 Å². The van der Waals surface area contributed by atoms with E-state index in [9.17, 15) is 22.8 Å². The molecule has 1 unspecified atom stereocenters. The van der Waals surface area contributed by atoms with Crippen molar-refractivity contribution in [2.45, 2.75) is 83.9 Å². The van der Waals surface area contributed by atoms with Crippen molar-refractivity contribution >= 4 is 11.9 Å². The molecule has 0 aliphatic carbocycles. The molecule has 0 radical (unpaired) electrons. The Bertz CT molecular complexity index is 1430. The number of benzene rings is 3. The van der Waals surface area contributed by atoms with Gasteiger partial charge in [-0.05, 0) is 91.8 Å². The fourth-order valence-corrected chi connectivity index (χ4v) is 5.31. The summed E-state index contributed by atoms with van der Waals surface area (Å²) in [6.45, 7) is 7.93. The molecule has 0 saturated carbocycles. The molecule has 1 saturated heterocycles. The Hall–Kier alpha value is -3.89. The van der Waals surface area contributed by atoms with Gasteiger partial charge in [-0.25, -0.2) is 9.59 Å². The van der Waals surface area contributed by atoms with Crippen molar-refractivity contribution in [3.63, 3.8) is 0 Å². The minimum Gasteiger partial charge on any atom is -0.494 e. The summed E-state index contributed by atoms with van der Waals surface area (Å²) in [5.74, 6) is -0.749. The van der Waals surface area contributed by atoms with E-state index in [2.05, 4.69) is 6.92 Å². The highest BCUT2D eigenvalue weighted by Gasteiger charge is 2.42. The number of hydrogen-bond donors (Lipinski definition) is 0. The van der Waals surface area contributed by atoms with Crippen LogP contribution < -0.4 is 9.47 Å². The summed E-state index contributed by atoms with van der Waals surface area (Å²) in [6.07, 6.45) is -0.213. The Balaban J connectivity index is 1.17. The molecule has 1 atom stereocenters. The molecule has 0 N–H and O–H groups in total. The van der Waals surface area contributed by atoms with E-state index in [4.69, 9.17) is 23.7 Å². The van der Waals surface area contributed by atoms with Crippen molar-refractivity contribution < 1.29 is 46.4 Å². The third kappa shape index (κ3) is 12.5. The van der Waals surface area contributed by atoms with Crippen molar-refractivity contribution in [1.82, 2.24) is 0 Å². The Morgan fingerprint density at radius 2 is 1.29 bits per heavy atom. The first kappa shape index (κ1) is 37.9. The van der Waals surface area contributed by atoms with Crippen LogP contribution in [0.3, 0.4) is 0 Å². The predicted molar refractivity (Wildman–Crippen MR) is 181 cm³/mol. The second-order valence-corrected chi connectivity index (χ2v) is 12.9. The van der Waals surface area contributed by atoms with Crippen molar-refractivity contribution in [2.75, 3.05) is 33.0 Å². The predicted octanol–water partition coefficient (Wildman–Crippen LogP) is 9.62. The number of rotatable bonds is 20. The van der Waals surface area contributed by atoms with Crippen LogP contribution in [0.5, 0.6) is 11.5 Å². The maximum absolute atomic E-state index is 13.4. The van der Waals surface area contributed by atoms with Gasteiger partial charge in [-0.1, -0.05) is 63.8 Å². The SMILES string of the molecule is CCCCCCC(OC(=O)c1ccc(OC(=O)c2ccc(-c3ccc(OCCCCCCOCC4(C)COC4)cc3)cc2)cc1)C(F)(F)F. The molecule has 0 aromatic heterocycles. The molecule has 0 amide bonds. The van der Waals surface area contributed by atoms with E-state index in [0.717, 1.165) is 81.8 Å². The highest BCUT2D eigenvalue weighted by atomic mass is 19.4. The zero-order chi connectivity index (χ0) is 35.1. The van der Waals surface area contributed by atoms with Crippen LogP contribution in [0.1, 0.15) is 92.4 Å². The average Bonchev–Trinajstić information content (AvgIpc) is 3.08. The van der Waals surface area contributed by atoms with Gasteiger partial charge >= 0.3 is 18.1 Å². The van der Waals surface area contributed by atoms with Gasteiger partial charge in [0.15, 0.2) is 6.10 Å². The summed E-state index contributed by atoms with van der Waals surface area (Å²) < 4.78 is 67.3. The highest BCUT2D eigenvalue weighted by molar-refractivity contribution is 5.92. The van der Waals surface area contributed by atoms with E-state index in [0.29, 0.717) is 25.0 Å². The molecule has 7 nitrogen and oxygen atoms in total. The maximum Gasteiger partial charge on any atom is 0.425 e. The molecule has 1 fully saturated rings. The number of esters is 2. The van der Waals surface area contributed by atoms with Crippen molar-refractivity contribution in [3.8, 4) is 22.6 Å². The molecule has 1 heterocycles. The largest absolute Gasteiger partial charge is 0.494 e. The van der Waals surface area contributed by atoms with Crippen molar-refractivity contribution in [2.24, 2.45) is 5.41 Å². The summed E-state index contributed by atoms with van der Waals surface area (Å²) in [5, 5.41) is 0. The fourth-order valence-electron chi connectivity index (χ4n) is 5.31. The second kappa shape index (κ2) is 18.8. The molecule has 1 aliphatic rings. The van der Waals surface area contributed by atoms with Gasteiger partial charge in [0.1, 0.15) is 11.5 Å². The number of carbonyl (C=O) groups excluding carboxylic acids is 2. The maximum atomic E-state index is 13.4. The number of carbonyl (C=O) groups is 2. The topological polar surface area (TPSA) is 80.3 Å². The Morgan fingerprint density at radius 1 is 0.735 bits per heavy atom. The molecule has 266 valence electrons. The van der Waals surface area contributed by atoms with Crippen LogP contribution in [-0.2, 0) is 14.2 Å². The van der Waals surface area contributed by atoms with E-state index < -0.39 is 24.2 Å². The Morgan fingerprint density at radius 3 is 1.88 bits per heavy atom. The fraction of sp³-hybridized carbons (Fsp3) is 0.487. The monoisotopic (exact) mass is 684 g/mol. The summed E-state index contributed by atoms with van der Waals surface area (Å²) >= 11 is 0. The van der Waals surface area contributed by atoms with Crippen LogP contribution in [0, 0.1) is 5.41 Å². The molecule has 4 rings (SSSR count). The lowest BCUT2D eigenvalue weighted by Gasteiger charge is -2.37. The molecule has 3 aromatic carbocycles. The van der Waals surface area contributed by atoms with Gasteiger partial charge in [0.05, 0.1) is 37.6 Å². The standard InChI is InChI=1S/C39H47F3O7/c1-3-4-5-8-11-35(39(40,41)42)49-37(44)32-18-22-34(23-19-32)48-36(43)31-14-12-29(13-15-31)30-16-20-33(21-17-30)47-25-10-7-6-9-24-45-26-38(2)27-46-28-38/h12-23,35H,3-11,24-28H2,1-2H3. The first-order valence-electron chi connectivity index (χ1n) is 17.1. The van der Waals surface area contributed by atoms with Crippen LogP contribution in [0.15, 0.2) is 72.8 Å². The molecule has 3 aromatic rings. The quantitative estimate of drug-likeness (QED) is 0.0666. The van der Waals surface area contributed by atoms with Gasteiger partial charge < -0.3 is 23.7 Å². The molecule has 10 heteroatoms. The summed E-state index contributed by atoms with van der Waals surface area (Å²) in [6, 6.07) is 19.9. The number of alkyl halides is 3. The lowest BCUT2D eigenvalue weighted by Crippen LogP contribution is -2.43. The zero-order valence-electron chi connectivity index (χ0n) is 28.4. The Labute approximate surface area is 287 Å². The van der Waals surface area contributed by atoms with Gasteiger partial charge in [-0.2, -0.15) is 13.2 Å². The number of unbranched alkanes of at least 4 members (excludes halogenated alkanes) is 6. The molecule has 1 aliphatic heterocycles. The lowest BCUT2D eigenvalue weighted by atomic mass is 9.90. The van der Waals surface area contributed by atoms with E-state index in [1.165, 1.54) is 24.3 Å². The van der Waals surface area contributed by atoms with E-state index >= 15 is 0 Å². The van der Waals surface area contributed by atoms with E-state index in [1.807, 2.05) is 43.3 Å². The minimum atomic E-state index is -4.65. The van der Waals surface area contributed by atoms with Crippen LogP contribution in [0.25, 0.3) is 11.1 Å². The highest BCUT2D eigenvalue weighted by Crippen LogP contribution is 2.29. The number of hydrogen-bond acceptors (Lipinski definition) is 7. The number of ether oxygens (including phenoxy) is 5. The normalized spacial score (nSPS) is 14.5. The van der Waals surface area contributed by atoms with Gasteiger partial charge in [0.2, 0.25) is 0 Å².